The first-order chi connectivity index (χ1) is 21.8. The molecular formula is C42H40OP2. The van der Waals surface area contributed by atoms with Gasteiger partial charge >= 0.3 is 0 Å². The minimum absolute atomic E-state index is 0.0914. The van der Waals surface area contributed by atoms with Crippen LogP contribution in [0.1, 0.15) is 24.3 Å². The lowest BCUT2D eigenvalue weighted by Crippen LogP contribution is -2.10. The number of rotatable bonds is 6. The molecule has 0 N–H and O–H groups in total. The lowest BCUT2D eigenvalue weighted by molar-refractivity contribution is 0.588. The van der Waals surface area contributed by atoms with E-state index in [0.29, 0.717) is 5.92 Å². The molecule has 0 amide bonds. The molecule has 1 aliphatic rings. The maximum Gasteiger partial charge on any atom is 0.109 e. The average Bonchev–Trinajstić information content (AvgIpc) is 3.07. The van der Waals surface area contributed by atoms with Crippen molar-refractivity contribution in [3.63, 3.8) is 0 Å². The van der Waals surface area contributed by atoms with Gasteiger partial charge in [-0.2, -0.15) is 0 Å². The Balaban J connectivity index is 1.29. The molecule has 2 atom stereocenters. The van der Waals surface area contributed by atoms with Gasteiger partial charge in [0.25, 0.3) is 0 Å². The number of hydrogen-bond acceptors (Lipinski definition) is 1. The van der Waals surface area contributed by atoms with Gasteiger partial charge in [-0.25, -0.2) is 0 Å². The normalized spacial score (nSPS) is 16.9. The van der Waals surface area contributed by atoms with E-state index in [9.17, 15) is 4.57 Å². The van der Waals surface area contributed by atoms with Gasteiger partial charge in [-0.15, -0.1) is 7.92 Å². The van der Waals surface area contributed by atoms with E-state index >= 15 is 0 Å². The van der Waals surface area contributed by atoms with Gasteiger partial charge in [0.2, 0.25) is 0 Å². The monoisotopic (exact) mass is 622 g/mol. The van der Waals surface area contributed by atoms with E-state index in [4.69, 9.17) is 0 Å². The van der Waals surface area contributed by atoms with Crippen molar-refractivity contribution >= 4 is 41.9 Å². The molecule has 45 heavy (non-hydrogen) atoms. The van der Waals surface area contributed by atoms with Crippen LogP contribution in [0.3, 0.4) is 0 Å². The number of allylic oxidation sites excluding steroid dienone is 2. The van der Waals surface area contributed by atoms with Crippen LogP contribution >= 0.6 is 15.1 Å². The summed E-state index contributed by atoms with van der Waals surface area (Å²) in [7, 11) is -2.18. The molecule has 224 valence electrons. The van der Waals surface area contributed by atoms with Crippen LogP contribution < -0.4 is 5.30 Å². The Bertz CT molecular complexity index is 2010. The molecule has 0 saturated heterocycles. The van der Waals surface area contributed by atoms with Crippen molar-refractivity contribution in [2.24, 2.45) is 0 Å². The number of hydrogen-bond donors (Lipinski definition) is 0. The summed E-state index contributed by atoms with van der Waals surface area (Å²) in [4.78, 5) is 0. The van der Waals surface area contributed by atoms with E-state index in [-0.39, 0.29) is 7.92 Å². The molecule has 6 aromatic rings. The van der Waals surface area contributed by atoms with Crippen molar-refractivity contribution in [1.29, 1.82) is 0 Å². The predicted molar refractivity (Wildman–Crippen MR) is 201 cm³/mol. The molecule has 1 nitrogen and oxygen atoms in total. The second-order valence-corrected chi connectivity index (χ2v) is 18.8. The quantitative estimate of drug-likeness (QED) is 0.103. The molecule has 0 radical (unpaired) electrons. The van der Waals surface area contributed by atoms with Crippen molar-refractivity contribution in [3.8, 4) is 33.4 Å². The third-order valence-electron chi connectivity index (χ3n) is 9.56. The summed E-state index contributed by atoms with van der Waals surface area (Å²) in [6.45, 7) is 8.44. The Kier molecular flexibility index (Phi) is 8.12. The van der Waals surface area contributed by atoms with E-state index in [2.05, 4.69) is 135 Å². The number of fused-ring (bicyclic) bond motifs is 2. The third kappa shape index (κ3) is 5.86. The fourth-order valence-electron chi connectivity index (χ4n) is 7.00. The lowest BCUT2D eigenvalue weighted by atomic mass is 9.84. The SMILES string of the molecule is CP(C)C1C=CC(c2ccc(-c3c4ccccc4c(-c4ccc(-c5ccc(P(C)(C)=O)cc5)cc4)c4ccccc34)cc2)CC1. The molecule has 0 spiro atoms. The van der Waals surface area contributed by atoms with Crippen molar-refractivity contribution in [1.82, 2.24) is 0 Å². The van der Waals surface area contributed by atoms with Crippen molar-refractivity contribution in [2.45, 2.75) is 24.4 Å². The van der Waals surface area contributed by atoms with Gasteiger partial charge < -0.3 is 4.57 Å². The molecule has 6 aromatic carbocycles. The molecule has 7 rings (SSSR count). The summed E-state index contributed by atoms with van der Waals surface area (Å²) in [6.07, 6.45) is 7.48. The summed E-state index contributed by atoms with van der Waals surface area (Å²) >= 11 is 0. The summed E-state index contributed by atoms with van der Waals surface area (Å²) in [6, 6.07) is 44.2. The van der Waals surface area contributed by atoms with E-state index < -0.39 is 7.14 Å². The fourth-order valence-corrected chi connectivity index (χ4v) is 8.98. The zero-order valence-electron chi connectivity index (χ0n) is 26.6. The summed E-state index contributed by atoms with van der Waals surface area (Å²) in [5.74, 6) is 0.516. The van der Waals surface area contributed by atoms with Gasteiger partial charge in [0.1, 0.15) is 7.14 Å². The van der Waals surface area contributed by atoms with Crippen LogP contribution in [0.2, 0.25) is 0 Å². The standard InChI is InChI=1S/C42H40OP2/c1-44(2)35-25-21-31(22-26-35)29-13-17-33(18-14-29)41-37-9-5-7-11-39(37)42(40-12-8-6-10-38(40)41)34-19-15-30(16-20-34)32-23-27-36(28-24-32)45(3,4)43/h5-21,23-25,27-28,31,35H,22,26H2,1-4H3. The molecule has 0 bridgehead atoms. The Labute approximate surface area is 269 Å². The van der Waals surface area contributed by atoms with Crippen LogP contribution in [0.4, 0.5) is 0 Å². The van der Waals surface area contributed by atoms with Crippen LogP contribution in [-0.2, 0) is 4.57 Å². The highest BCUT2D eigenvalue weighted by molar-refractivity contribution is 7.70. The topological polar surface area (TPSA) is 17.1 Å². The van der Waals surface area contributed by atoms with Gasteiger partial charge in [-0.05, 0) is 106 Å². The Hall–Kier alpha value is -3.76. The first-order valence-corrected chi connectivity index (χ1v) is 20.8. The first kappa shape index (κ1) is 29.9. The molecule has 0 heterocycles. The molecule has 2 unspecified atom stereocenters. The van der Waals surface area contributed by atoms with Crippen LogP contribution in [0.25, 0.3) is 54.9 Å². The highest BCUT2D eigenvalue weighted by atomic mass is 31.2. The summed E-state index contributed by atoms with van der Waals surface area (Å²) < 4.78 is 12.5. The first-order valence-electron chi connectivity index (χ1n) is 15.9. The van der Waals surface area contributed by atoms with Crippen molar-refractivity contribution < 1.29 is 4.57 Å². The zero-order valence-corrected chi connectivity index (χ0v) is 28.4. The average molecular weight is 623 g/mol. The van der Waals surface area contributed by atoms with Gasteiger partial charge in [0.05, 0.1) is 0 Å². The summed E-state index contributed by atoms with van der Waals surface area (Å²) in [5, 5.41) is 6.02. The Morgan fingerprint density at radius 3 is 1.36 bits per heavy atom. The van der Waals surface area contributed by atoms with Crippen molar-refractivity contribution in [2.75, 3.05) is 26.7 Å². The Morgan fingerprint density at radius 2 is 0.956 bits per heavy atom. The second kappa shape index (κ2) is 12.2. The maximum atomic E-state index is 12.5. The van der Waals surface area contributed by atoms with Crippen molar-refractivity contribution in [3.05, 3.63) is 139 Å². The van der Waals surface area contributed by atoms with E-state index in [0.717, 1.165) is 22.1 Å². The molecule has 0 aromatic heterocycles. The smallest absolute Gasteiger partial charge is 0.109 e. The maximum absolute atomic E-state index is 12.5. The highest BCUT2D eigenvalue weighted by Crippen LogP contribution is 2.45. The van der Waals surface area contributed by atoms with E-state index in [1.807, 2.05) is 25.5 Å². The van der Waals surface area contributed by atoms with E-state index in [1.54, 1.807) is 0 Å². The molecule has 3 heteroatoms. The van der Waals surface area contributed by atoms with E-state index in [1.165, 1.54) is 62.2 Å². The molecule has 0 saturated carbocycles. The van der Waals surface area contributed by atoms with Gasteiger partial charge in [-0.3, -0.25) is 0 Å². The Morgan fingerprint density at radius 1 is 0.533 bits per heavy atom. The van der Waals surface area contributed by atoms with Crippen LogP contribution in [-0.4, -0.2) is 32.3 Å². The van der Waals surface area contributed by atoms with Gasteiger partial charge in [0, 0.05) is 11.2 Å². The van der Waals surface area contributed by atoms with Gasteiger partial charge in [0.15, 0.2) is 0 Å². The van der Waals surface area contributed by atoms with Gasteiger partial charge in [-0.1, -0.05) is 133 Å². The van der Waals surface area contributed by atoms with Crippen LogP contribution in [0.5, 0.6) is 0 Å². The molecule has 1 aliphatic carbocycles. The highest BCUT2D eigenvalue weighted by Gasteiger charge is 2.20. The lowest BCUT2D eigenvalue weighted by Gasteiger charge is -2.26. The second-order valence-electron chi connectivity index (χ2n) is 13.0. The van der Waals surface area contributed by atoms with Crippen LogP contribution in [0.15, 0.2) is 133 Å². The molecule has 0 fully saturated rings. The number of benzene rings is 6. The predicted octanol–water partition coefficient (Wildman–Crippen LogP) is 11.8. The zero-order chi connectivity index (χ0) is 31.1. The summed E-state index contributed by atoms with van der Waals surface area (Å²) in [5.41, 5.74) is 9.54. The fraction of sp³-hybridized carbons (Fsp3) is 0.190. The minimum Gasteiger partial charge on any atom is -0.319 e. The molecule has 0 aliphatic heterocycles. The van der Waals surface area contributed by atoms with Crippen LogP contribution in [0, 0.1) is 0 Å². The minimum atomic E-state index is -2.27. The third-order valence-corrected chi connectivity index (χ3v) is 12.9. The largest absolute Gasteiger partial charge is 0.319 e. The molecular weight excluding hydrogens is 582 g/mol.